The number of nitrogens with zero attached hydrogens (tertiary/aromatic N) is 5. The number of amides is 1. The molecule has 2 aromatic carbocycles. The maximum Gasteiger partial charge on any atom is 0.281 e. The van der Waals surface area contributed by atoms with Crippen LogP contribution in [0.2, 0.25) is 5.02 Å². The fourth-order valence-electron chi connectivity index (χ4n) is 4.24. The maximum absolute atomic E-state index is 13.0. The van der Waals surface area contributed by atoms with E-state index in [9.17, 15) is 9.59 Å². The summed E-state index contributed by atoms with van der Waals surface area (Å²) in [6, 6.07) is 15.1. The predicted molar refractivity (Wildman–Crippen MR) is 126 cm³/mol. The van der Waals surface area contributed by atoms with Crippen LogP contribution in [0.3, 0.4) is 0 Å². The van der Waals surface area contributed by atoms with Crippen molar-refractivity contribution in [3.63, 3.8) is 0 Å². The quantitative estimate of drug-likeness (QED) is 0.500. The first kappa shape index (κ1) is 21.3. The molecule has 1 aliphatic rings. The highest BCUT2D eigenvalue weighted by atomic mass is 35.5. The molecule has 0 radical (unpaired) electrons. The molecule has 0 saturated carbocycles. The van der Waals surface area contributed by atoms with E-state index in [-0.39, 0.29) is 22.9 Å². The Morgan fingerprint density at radius 3 is 2.82 bits per heavy atom. The Labute approximate surface area is 195 Å². The number of H-pyrrole nitrogens is 1. The van der Waals surface area contributed by atoms with Gasteiger partial charge in [0.1, 0.15) is 5.82 Å². The van der Waals surface area contributed by atoms with Crippen LogP contribution in [-0.2, 0) is 6.54 Å². The molecular formula is C24H23ClN6O2. The minimum absolute atomic E-state index is 0.0725. The molecule has 0 aliphatic carbocycles. The summed E-state index contributed by atoms with van der Waals surface area (Å²) < 4.78 is 1.65. The molecule has 1 amide bonds. The van der Waals surface area contributed by atoms with Crippen molar-refractivity contribution in [1.29, 1.82) is 0 Å². The van der Waals surface area contributed by atoms with Crippen molar-refractivity contribution in [1.82, 2.24) is 29.9 Å². The number of hydrogen-bond donors (Lipinski definition) is 1. The summed E-state index contributed by atoms with van der Waals surface area (Å²) in [6.07, 6.45) is 1.65. The molecule has 1 saturated heterocycles. The monoisotopic (exact) mass is 462 g/mol. The molecular weight excluding hydrogens is 440 g/mol. The zero-order valence-corrected chi connectivity index (χ0v) is 18.9. The molecule has 0 spiro atoms. The third-order valence-corrected chi connectivity index (χ3v) is 6.25. The second-order valence-corrected chi connectivity index (χ2v) is 8.89. The van der Waals surface area contributed by atoms with Gasteiger partial charge in [-0.1, -0.05) is 52.7 Å². The Balaban J connectivity index is 1.42. The van der Waals surface area contributed by atoms with Gasteiger partial charge in [0.15, 0.2) is 11.2 Å². The number of fused-ring (bicyclic) bond motifs is 1. The molecule has 8 nitrogen and oxygen atoms in total. The summed E-state index contributed by atoms with van der Waals surface area (Å²) >= 11 is 6.06. The maximum atomic E-state index is 13.0. The number of aromatic nitrogens is 5. The Hall–Kier alpha value is -3.52. The lowest BCUT2D eigenvalue weighted by Crippen LogP contribution is -2.40. The summed E-state index contributed by atoms with van der Waals surface area (Å²) in [6.45, 7) is 3.63. The van der Waals surface area contributed by atoms with Crippen LogP contribution in [-0.4, -0.2) is 48.9 Å². The van der Waals surface area contributed by atoms with E-state index in [2.05, 4.69) is 15.3 Å². The number of benzene rings is 2. The van der Waals surface area contributed by atoms with E-state index in [4.69, 9.17) is 16.6 Å². The predicted octanol–water partition coefficient (Wildman–Crippen LogP) is 3.54. The fraction of sp³-hybridized carbons (Fsp3) is 0.292. The highest BCUT2D eigenvalue weighted by Gasteiger charge is 2.28. The molecule has 5 rings (SSSR count). The van der Waals surface area contributed by atoms with Gasteiger partial charge in [-0.05, 0) is 43.5 Å². The van der Waals surface area contributed by atoms with Crippen LogP contribution >= 0.6 is 11.6 Å². The summed E-state index contributed by atoms with van der Waals surface area (Å²) in [5.41, 5.74) is 3.13. The number of nitrogens with one attached hydrogen (secondary N) is 1. The van der Waals surface area contributed by atoms with Crippen molar-refractivity contribution in [2.45, 2.75) is 32.2 Å². The average Bonchev–Trinajstić information content (AvgIpc) is 3.23. The third kappa shape index (κ3) is 4.39. The Morgan fingerprint density at radius 1 is 1.21 bits per heavy atom. The number of aromatic amines is 1. The highest BCUT2D eigenvalue weighted by Crippen LogP contribution is 2.26. The van der Waals surface area contributed by atoms with Gasteiger partial charge >= 0.3 is 0 Å². The van der Waals surface area contributed by atoms with Crippen LogP contribution in [0.5, 0.6) is 0 Å². The molecule has 33 heavy (non-hydrogen) atoms. The summed E-state index contributed by atoms with van der Waals surface area (Å²) in [4.78, 5) is 35.1. The number of rotatable bonds is 4. The SMILES string of the molecule is Cc1ccc(Cn2nnc3c(=O)[nH]c([C@@H]4CCCN(C(=O)c5cccc(Cl)c5)C4)nc32)cc1. The molecule has 9 heteroatoms. The molecule has 2 aromatic heterocycles. The fourth-order valence-corrected chi connectivity index (χ4v) is 4.43. The number of hydrogen-bond acceptors (Lipinski definition) is 5. The van der Waals surface area contributed by atoms with Gasteiger partial charge in [0, 0.05) is 29.6 Å². The van der Waals surface area contributed by atoms with Gasteiger partial charge < -0.3 is 9.88 Å². The number of halogens is 1. The Morgan fingerprint density at radius 2 is 2.03 bits per heavy atom. The molecule has 1 aliphatic heterocycles. The Kier molecular flexibility index (Phi) is 5.68. The van der Waals surface area contributed by atoms with Crippen molar-refractivity contribution in [3.05, 3.63) is 86.4 Å². The van der Waals surface area contributed by atoms with Crippen LogP contribution in [0.15, 0.2) is 53.3 Å². The zero-order chi connectivity index (χ0) is 22.9. The van der Waals surface area contributed by atoms with E-state index in [0.29, 0.717) is 41.7 Å². The van der Waals surface area contributed by atoms with E-state index in [0.717, 1.165) is 18.4 Å². The number of likely N-dealkylation sites (tertiary alicyclic amines) is 1. The van der Waals surface area contributed by atoms with Crippen LogP contribution in [0.25, 0.3) is 11.2 Å². The largest absolute Gasteiger partial charge is 0.338 e. The normalized spacial score (nSPS) is 16.3. The zero-order valence-electron chi connectivity index (χ0n) is 18.2. The minimum atomic E-state index is -0.316. The summed E-state index contributed by atoms with van der Waals surface area (Å²) in [5, 5.41) is 8.73. The topological polar surface area (TPSA) is 96.8 Å². The van der Waals surface area contributed by atoms with Crippen molar-refractivity contribution in [2.75, 3.05) is 13.1 Å². The molecule has 1 atom stereocenters. The first-order valence-corrected chi connectivity index (χ1v) is 11.3. The second kappa shape index (κ2) is 8.78. The van der Waals surface area contributed by atoms with Gasteiger partial charge in [-0.2, -0.15) is 0 Å². The van der Waals surface area contributed by atoms with Crippen molar-refractivity contribution < 1.29 is 4.79 Å². The van der Waals surface area contributed by atoms with E-state index in [1.54, 1.807) is 33.8 Å². The molecule has 1 fully saturated rings. The van der Waals surface area contributed by atoms with Crippen LogP contribution < -0.4 is 5.56 Å². The smallest absolute Gasteiger partial charge is 0.281 e. The standard InChI is InChI=1S/C24H23ClN6O2/c1-15-7-9-16(10-8-15)13-31-22-20(28-29-31)23(32)27-21(26-22)18-5-3-11-30(14-18)24(33)17-4-2-6-19(25)12-17/h2,4,6-10,12,18H,3,5,11,13-14H2,1H3,(H,26,27,32)/t18-/m1/s1. The van der Waals surface area contributed by atoms with Crippen LogP contribution in [0, 0.1) is 6.92 Å². The van der Waals surface area contributed by atoms with E-state index >= 15 is 0 Å². The number of carbonyl (C=O) groups is 1. The molecule has 0 bridgehead atoms. The molecule has 4 aromatic rings. The highest BCUT2D eigenvalue weighted by molar-refractivity contribution is 6.30. The number of piperidine rings is 1. The average molecular weight is 463 g/mol. The van der Waals surface area contributed by atoms with E-state index in [1.165, 1.54) is 5.56 Å². The van der Waals surface area contributed by atoms with Crippen molar-refractivity contribution >= 4 is 28.7 Å². The first-order valence-electron chi connectivity index (χ1n) is 10.9. The molecule has 168 valence electrons. The van der Waals surface area contributed by atoms with Gasteiger partial charge in [0.25, 0.3) is 11.5 Å². The summed E-state index contributed by atoms with van der Waals surface area (Å²) in [5.74, 6) is 0.405. The van der Waals surface area contributed by atoms with Gasteiger partial charge in [0.05, 0.1) is 6.54 Å². The third-order valence-electron chi connectivity index (χ3n) is 6.01. The first-order chi connectivity index (χ1) is 16.0. The molecule has 1 N–H and O–H groups in total. The number of aryl methyl sites for hydroxylation is 1. The van der Waals surface area contributed by atoms with Gasteiger partial charge in [-0.3, -0.25) is 9.59 Å². The van der Waals surface area contributed by atoms with E-state index in [1.807, 2.05) is 31.2 Å². The van der Waals surface area contributed by atoms with Crippen LogP contribution in [0.4, 0.5) is 0 Å². The molecule has 0 unspecified atom stereocenters. The number of carbonyl (C=O) groups excluding carboxylic acids is 1. The Bertz CT molecular complexity index is 1380. The van der Waals surface area contributed by atoms with Gasteiger partial charge in [-0.25, -0.2) is 9.67 Å². The van der Waals surface area contributed by atoms with Gasteiger partial charge in [0.2, 0.25) is 0 Å². The lowest BCUT2D eigenvalue weighted by Gasteiger charge is -2.32. The second-order valence-electron chi connectivity index (χ2n) is 8.46. The van der Waals surface area contributed by atoms with Crippen LogP contribution in [0.1, 0.15) is 46.1 Å². The lowest BCUT2D eigenvalue weighted by atomic mass is 9.96. The van der Waals surface area contributed by atoms with E-state index < -0.39 is 0 Å². The van der Waals surface area contributed by atoms with Crippen molar-refractivity contribution in [2.24, 2.45) is 0 Å². The summed E-state index contributed by atoms with van der Waals surface area (Å²) in [7, 11) is 0. The van der Waals surface area contributed by atoms with Gasteiger partial charge in [-0.15, -0.1) is 5.10 Å². The minimum Gasteiger partial charge on any atom is -0.338 e. The molecule has 3 heterocycles. The van der Waals surface area contributed by atoms with Crippen molar-refractivity contribution in [3.8, 4) is 0 Å². The lowest BCUT2D eigenvalue weighted by molar-refractivity contribution is 0.0704.